The van der Waals surface area contributed by atoms with Crippen molar-refractivity contribution in [3.8, 4) is 0 Å². The molecule has 0 heterocycles. The van der Waals surface area contributed by atoms with E-state index in [4.69, 9.17) is 4.99 Å². The van der Waals surface area contributed by atoms with Crippen molar-refractivity contribution in [3.63, 3.8) is 0 Å². The van der Waals surface area contributed by atoms with E-state index in [-0.39, 0.29) is 0 Å². The van der Waals surface area contributed by atoms with E-state index in [0.29, 0.717) is 12.0 Å². The zero-order valence-electron chi connectivity index (χ0n) is 11.6. The highest BCUT2D eigenvalue weighted by molar-refractivity contribution is 5.85. The van der Waals surface area contributed by atoms with Crippen molar-refractivity contribution >= 4 is 5.84 Å². The van der Waals surface area contributed by atoms with E-state index in [1.807, 2.05) is 7.05 Å². The highest BCUT2D eigenvalue weighted by atomic mass is 15.1. The minimum absolute atomic E-state index is 0.420. The molecule has 0 aromatic rings. The van der Waals surface area contributed by atoms with Crippen LogP contribution in [0.1, 0.15) is 52.4 Å². The van der Waals surface area contributed by atoms with Crippen molar-refractivity contribution < 1.29 is 0 Å². The summed E-state index contributed by atoms with van der Waals surface area (Å²) in [7, 11) is 1.87. The average molecular weight is 237 g/mol. The van der Waals surface area contributed by atoms with Crippen molar-refractivity contribution in [2.45, 2.75) is 58.4 Å². The molecule has 0 spiro atoms. The molecule has 1 fully saturated rings. The molecule has 0 aromatic carbocycles. The Morgan fingerprint density at radius 2 is 1.76 bits per heavy atom. The maximum Gasteiger partial charge on any atom is 0.105 e. The average Bonchev–Trinajstić information content (AvgIpc) is 2.56. The van der Waals surface area contributed by atoms with Crippen LogP contribution in [0.5, 0.6) is 0 Å². The molecule has 1 aliphatic carbocycles. The van der Waals surface area contributed by atoms with Gasteiger partial charge in [0.25, 0.3) is 0 Å². The van der Waals surface area contributed by atoms with Crippen LogP contribution in [0.2, 0.25) is 0 Å². The summed E-state index contributed by atoms with van der Waals surface area (Å²) >= 11 is 0. The van der Waals surface area contributed by atoms with Gasteiger partial charge in [0.05, 0.1) is 11.9 Å². The summed E-state index contributed by atoms with van der Waals surface area (Å²) in [6, 6.07) is 0.507. The second-order valence-corrected chi connectivity index (χ2v) is 5.17. The minimum atomic E-state index is 0.420. The van der Waals surface area contributed by atoms with Gasteiger partial charge in [0.2, 0.25) is 0 Å². The third-order valence-electron chi connectivity index (χ3n) is 3.27. The number of amidine groups is 1. The van der Waals surface area contributed by atoms with Crippen molar-refractivity contribution in [1.82, 2.24) is 10.6 Å². The predicted molar refractivity (Wildman–Crippen MR) is 75.1 cm³/mol. The first-order chi connectivity index (χ1) is 8.13. The maximum absolute atomic E-state index is 4.89. The fourth-order valence-corrected chi connectivity index (χ4v) is 2.13. The zero-order valence-corrected chi connectivity index (χ0v) is 11.6. The molecule has 17 heavy (non-hydrogen) atoms. The van der Waals surface area contributed by atoms with Crippen LogP contribution in [-0.4, -0.2) is 18.9 Å². The van der Waals surface area contributed by atoms with Gasteiger partial charge in [-0.1, -0.05) is 46.1 Å². The van der Waals surface area contributed by atoms with Gasteiger partial charge < -0.3 is 10.6 Å². The van der Waals surface area contributed by atoms with Crippen LogP contribution in [0.3, 0.4) is 0 Å². The number of aliphatic imine (C=N–C) groups is 1. The van der Waals surface area contributed by atoms with Gasteiger partial charge in [-0.05, 0) is 12.8 Å². The molecule has 0 aliphatic heterocycles. The molecular formula is C14H27N3. The highest BCUT2D eigenvalue weighted by Gasteiger charge is 2.14. The Balaban J connectivity index is 2.63. The van der Waals surface area contributed by atoms with Crippen LogP contribution >= 0.6 is 0 Å². The Kier molecular flexibility index (Phi) is 6.09. The van der Waals surface area contributed by atoms with E-state index in [2.05, 4.69) is 31.1 Å². The monoisotopic (exact) mass is 237 g/mol. The minimum Gasteiger partial charge on any atom is -0.375 e. The quantitative estimate of drug-likeness (QED) is 0.448. The molecule has 0 atom stereocenters. The molecule has 3 heteroatoms. The normalized spacial score (nSPS) is 18.9. The molecule has 0 unspecified atom stereocenters. The summed E-state index contributed by atoms with van der Waals surface area (Å²) < 4.78 is 0. The number of rotatable bonds is 4. The zero-order chi connectivity index (χ0) is 12.7. The van der Waals surface area contributed by atoms with Crippen LogP contribution < -0.4 is 10.6 Å². The van der Waals surface area contributed by atoms with E-state index in [9.17, 15) is 0 Å². The van der Waals surface area contributed by atoms with Gasteiger partial charge in [0.15, 0.2) is 0 Å². The lowest BCUT2D eigenvalue weighted by atomic mass is 10.1. The van der Waals surface area contributed by atoms with Crippen LogP contribution in [0, 0.1) is 5.92 Å². The second-order valence-electron chi connectivity index (χ2n) is 5.17. The van der Waals surface area contributed by atoms with Gasteiger partial charge in [-0.2, -0.15) is 0 Å². The third-order valence-corrected chi connectivity index (χ3v) is 3.27. The van der Waals surface area contributed by atoms with Gasteiger partial charge in [-0.3, -0.25) is 4.99 Å². The Hall–Kier alpha value is -0.990. The summed E-state index contributed by atoms with van der Waals surface area (Å²) in [4.78, 5) is 4.89. The van der Waals surface area contributed by atoms with Crippen LogP contribution in [0.25, 0.3) is 0 Å². The SMILES string of the molecule is C=C(NC)NC(=NC1CCCCCC1)C(C)C. The van der Waals surface area contributed by atoms with E-state index < -0.39 is 0 Å². The topological polar surface area (TPSA) is 36.4 Å². The third kappa shape index (κ3) is 5.24. The molecule has 3 nitrogen and oxygen atoms in total. The standard InChI is InChI=1S/C14H27N3/c1-11(2)14(16-12(3)15-4)17-13-9-7-5-6-8-10-13/h11,13,15H,3,5-10H2,1-2,4H3,(H,16,17). The summed E-state index contributed by atoms with van der Waals surface area (Å²) in [5.74, 6) is 2.31. The van der Waals surface area contributed by atoms with Crippen LogP contribution in [0.4, 0.5) is 0 Å². The van der Waals surface area contributed by atoms with Gasteiger partial charge in [0, 0.05) is 13.0 Å². The van der Waals surface area contributed by atoms with Gasteiger partial charge in [-0.15, -0.1) is 0 Å². The summed E-state index contributed by atoms with van der Waals surface area (Å²) in [5, 5.41) is 6.29. The molecule has 98 valence electrons. The Morgan fingerprint density at radius 3 is 2.24 bits per heavy atom. The summed E-state index contributed by atoms with van der Waals surface area (Å²) in [5.41, 5.74) is 0. The first-order valence-electron chi connectivity index (χ1n) is 6.85. The van der Waals surface area contributed by atoms with E-state index in [1.165, 1.54) is 38.5 Å². The van der Waals surface area contributed by atoms with E-state index >= 15 is 0 Å². The lowest BCUT2D eigenvalue weighted by Crippen LogP contribution is -2.33. The van der Waals surface area contributed by atoms with Crippen molar-refractivity contribution in [1.29, 1.82) is 0 Å². The Labute approximate surface area is 106 Å². The lowest BCUT2D eigenvalue weighted by molar-refractivity contribution is 0.577. The molecule has 1 saturated carbocycles. The molecular weight excluding hydrogens is 210 g/mol. The molecule has 0 amide bonds. The lowest BCUT2D eigenvalue weighted by Gasteiger charge is -2.18. The van der Waals surface area contributed by atoms with E-state index in [0.717, 1.165) is 11.7 Å². The molecule has 0 saturated heterocycles. The number of hydrogen-bond acceptors (Lipinski definition) is 2. The van der Waals surface area contributed by atoms with Gasteiger partial charge >= 0.3 is 0 Å². The smallest absolute Gasteiger partial charge is 0.105 e. The number of nitrogens with zero attached hydrogens (tertiary/aromatic N) is 1. The van der Waals surface area contributed by atoms with Crippen LogP contribution in [-0.2, 0) is 0 Å². The predicted octanol–water partition coefficient (Wildman–Crippen LogP) is 3.04. The second kappa shape index (κ2) is 7.36. The van der Waals surface area contributed by atoms with Crippen molar-refractivity contribution in [2.24, 2.45) is 10.9 Å². The highest BCUT2D eigenvalue weighted by Crippen LogP contribution is 2.20. The largest absolute Gasteiger partial charge is 0.375 e. The molecule has 1 aliphatic rings. The molecule has 0 bridgehead atoms. The maximum atomic E-state index is 4.89. The molecule has 0 radical (unpaired) electrons. The molecule has 2 N–H and O–H groups in total. The van der Waals surface area contributed by atoms with Gasteiger partial charge in [0.1, 0.15) is 5.84 Å². The van der Waals surface area contributed by atoms with Crippen molar-refractivity contribution in [3.05, 3.63) is 12.4 Å². The Bertz CT molecular complexity index is 261. The summed E-state index contributed by atoms with van der Waals surface area (Å²) in [6.45, 7) is 8.25. The van der Waals surface area contributed by atoms with Crippen LogP contribution in [0.15, 0.2) is 17.4 Å². The first kappa shape index (κ1) is 14.1. The fourth-order valence-electron chi connectivity index (χ4n) is 2.13. The summed E-state index contributed by atoms with van der Waals surface area (Å²) in [6.07, 6.45) is 7.88. The first-order valence-corrected chi connectivity index (χ1v) is 6.85. The Morgan fingerprint density at radius 1 is 1.18 bits per heavy atom. The molecule has 0 aromatic heterocycles. The fraction of sp³-hybridized carbons (Fsp3) is 0.786. The van der Waals surface area contributed by atoms with Crippen molar-refractivity contribution in [2.75, 3.05) is 7.05 Å². The number of hydrogen-bond donors (Lipinski definition) is 2. The number of nitrogens with one attached hydrogen (secondary N) is 2. The van der Waals surface area contributed by atoms with Gasteiger partial charge in [-0.25, -0.2) is 0 Å². The van der Waals surface area contributed by atoms with E-state index in [1.54, 1.807) is 0 Å². The molecule has 1 rings (SSSR count).